The molecule has 5 heteroatoms. The van der Waals surface area contributed by atoms with Gasteiger partial charge >= 0.3 is 0 Å². The van der Waals surface area contributed by atoms with Crippen molar-refractivity contribution in [2.24, 2.45) is 33.7 Å². The van der Waals surface area contributed by atoms with E-state index in [1.165, 1.54) is 95.6 Å². The second kappa shape index (κ2) is 18.1. The topological polar surface area (TPSA) is 32.9 Å². The molecular formula is C64H60N4S. The van der Waals surface area contributed by atoms with Crippen molar-refractivity contribution in [2.75, 3.05) is 7.05 Å². The number of thiophene rings is 1. The molecule has 342 valence electrons. The summed E-state index contributed by atoms with van der Waals surface area (Å²) in [5.41, 5.74) is 12.3. The number of benzene rings is 4. The molecule has 0 bridgehead atoms. The van der Waals surface area contributed by atoms with Gasteiger partial charge in [0.25, 0.3) is 0 Å². The molecule has 1 saturated carbocycles. The van der Waals surface area contributed by atoms with Crippen LogP contribution in [-0.4, -0.2) is 34.4 Å². The lowest BCUT2D eigenvalue weighted by molar-refractivity contribution is 0.173. The molecule has 13 rings (SSSR count). The van der Waals surface area contributed by atoms with Gasteiger partial charge in [0, 0.05) is 50.5 Å². The second-order valence-electron chi connectivity index (χ2n) is 20.3. The number of amidine groups is 2. The summed E-state index contributed by atoms with van der Waals surface area (Å²) in [5, 5.41) is 5.33. The van der Waals surface area contributed by atoms with Gasteiger partial charge in [0.2, 0.25) is 0 Å². The Morgan fingerprint density at radius 1 is 0.696 bits per heavy atom. The smallest absolute Gasteiger partial charge is 0.158 e. The standard InChI is InChI=1S/C64H60N4S/c1-67-63(45-26-13-5-14-27-45)65-62(44-24-11-4-12-25-44)66-64(67)56-41-47(59-50(42-20-7-2-8-21-42)31-19-32-51(59)43-22-9-3-10-23-43)34-36-49(56)46-35-39-58-55(40-46)54-38-37-53-52-30-17-18-33-57(52)68(60(53)61(54)69-58)48-28-15-6-16-29-48/h2-3,5-9,11,13-15,17-18,20-22,24-26,28,30,33-40,45,47,50-51,59,64H,4,10,12,16,19,23,27,29,31-32,41H2,1H3. The monoisotopic (exact) mass is 916 g/mol. The second-order valence-corrected chi connectivity index (χ2v) is 21.4. The first kappa shape index (κ1) is 42.5. The number of hydrogen-bond acceptors (Lipinski definition) is 4. The average Bonchev–Trinajstić information content (AvgIpc) is 3.97. The molecule has 4 aromatic carbocycles. The number of likely N-dealkylation sites (N-methyl/N-ethyl adjacent to an activating group) is 1. The predicted octanol–water partition coefficient (Wildman–Crippen LogP) is 16.6. The van der Waals surface area contributed by atoms with Crippen LogP contribution in [0.15, 0.2) is 203 Å². The number of aromatic nitrogens is 1. The fraction of sp³-hybridized carbons (Fsp3) is 0.281. The van der Waals surface area contributed by atoms with E-state index >= 15 is 0 Å². The fourth-order valence-electron chi connectivity index (χ4n) is 13.2. The van der Waals surface area contributed by atoms with E-state index < -0.39 is 0 Å². The highest BCUT2D eigenvalue weighted by molar-refractivity contribution is 7.26. The molecule has 3 heterocycles. The molecule has 0 radical (unpaired) electrons. The Morgan fingerprint density at radius 2 is 1.55 bits per heavy atom. The highest BCUT2D eigenvalue weighted by Gasteiger charge is 2.43. The lowest BCUT2D eigenvalue weighted by Crippen LogP contribution is -2.45. The maximum absolute atomic E-state index is 5.78. The van der Waals surface area contributed by atoms with Crippen molar-refractivity contribution in [2.45, 2.75) is 82.7 Å². The number of para-hydroxylation sites is 1. The summed E-state index contributed by atoms with van der Waals surface area (Å²) in [7, 11) is 2.27. The molecule has 0 amide bonds. The van der Waals surface area contributed by atoms with Crippen LogP contribution in [0.25, 0.3) is 53.2 Å². The Bertz CT molecular complexity index is 3420. The van der Waals surface area contributed by atoms with Crippen LogP contribution in [0, 0.1) is 23.7 Å². The Hall–Kier alpha value is -6.56. The average molecular weight is 917 g/mol. The van der Waals surface area contributed by atoms with Crippen molar-refractivity contribution in [1.29, 1.82) is 0 Å². The van der Waals surface area contributed by atoms with Gasteiger partial charge in [0.05, 0.1) is 15.7 Å². The van der Waals surface area contributed by atoms with Gasteiger partial charge in [-0.3, -0.25) is 0 Å². The highest BCUT2D eigenvalue weighted by Crippen LogP contribution is 2.53. The Kier molecular flexibility index (Phi) is 11.1. The summed E-state index contributed by atoms with van der Waals surface area (Å²) < 4.78 is 5.27. The molecule has 6 unspecified atom stereocenters. The molecule has 0 saturated heterocycles. The molecule has 6 atom stereocenters. The molecule has 0 spiro atoms. The zero-order chi connectivity index (χ0) is 45.8. The summed E-state index contributed by atoms with van der Waals surface area (Å²) in [4.78, 5) is 13.7. The Labute approximate surface area is 410 Å². The number of hydrogen-bond donors (Lipinski definition) is 0. The molecule has 69 heavy (non-hydrogen) atoms. The number of nitrogens with zero attached hydrogens (tertiary/aromatic N) is 4. The van der Waals surface area contributed by atoms with Crippen molar-refractivity contribution >= 4 is 76.3 Å². The normalized spacial score (nSPS) is 26.0. The molecule has 0 N–H and O–H groups in total. The maximum atomic E-state index is 5.78. The van der Waals surface area contributed by atoms with Crippen molar-refractivity contribution in [3.05, 3.63) is 204 Å². The predicted molar refractivity (Wildman–Crippen MR) is 295 cm³/mol. The minimum Gasteiger partial charge on any atom is -0.337 e. The van der Waals surface area contributed by atoms with E-state index in [1.807, 2.05) is 11.3 Å². The summed E-state index contributed by atoms with van der Waals surface area (Å²) in [5.74, 6) is 4.07. The van der Waals surface area contributed by atoms with Gasteiger partial charge in [-0.25, -0.2) is 9.98 Å². The molecule has 1 aliphatic heterocycles. The maximum Gasteiger partial charge on any atom is 0.158 e. The zero-order valence-corrected chi connectivity index (χ0v) is 40.5. The molecule has 7 aliphatic rings. The minimum absolute atomic E-state index is 0.192. The molecule has 6 aliphatic carbocycles. The quantitative estimate of drug-likeness (QED) is 0.150. The molecule has 6 aromatic rings. The highest BCUT2D eigenvalue weighted by atomic mass is 32.1. The minimum atomic E-state index is -0.192. The van der Waals surface area contributed by atoms with E-state index in [-0.39, 0.29) is 12.1 Å². The Morgan fingerprint density at radius 3 is 2.38 bits per heavy atom. The van der Waals surface area contributed by atoms with Crippen molar-refractivity contribution < 1.29 is 0 Å². The van der Waals surface area contributed by atoms with E-state index in [1.54, 1.807) is 5.57 Å². The summed E-state index contributed by atoms with van der Waals surface area (Å²) in [6.45, 7) is 0. The van der Waals surface area contributed by atoms with Crippen LogP contribution in [0.2, 0.25) is 0 Å². The fourth-order valence-corrected chi connectivity index (χ4v) is 14.5. The third-order valence-electron chi connectivity index (χ3n) is 16.4. The van der Waals surface area contributed by atoms with Gasteiger partial charge < -0.3 is 9.47 Å². The van der Waals surface area contributed by atoms with Gasteiger partial charge in [-0.1, -0.05) is 164 Å². The van der Waals surface area contributed by atoms with Crippen LogP contribution in [0.3, 0.4) is 0 Å². The molecular weight excluding hydrogens is 857 g/mol. The SMILES string of the molecule is CN1C(C2C=CC=CC2)=NC(C2=CCCC=C2)=NC1C1=C(c2ccc3sc4c(ccc5c6ccccc6n(C6=CC=CCC6)c54)c3c2)C=CC(C2C(C3=CC=CCC3)CCCC2c2ccccc2)C1. The van der Waals surface area contributed by atoms with Gasteiger partial charge in [-0.05, 0) is 134 Å². The van der Waals surface area contributed by atoms with E-state index in [4.69, 9.17) is 9.98 Å². The molecule has 2 aromatic heterocycles. The van der Waals surface area contributed by atoms with Crippen LogP contribution < -0.4 is 0 Å². The van der Waals surface area contributed by atoms with Crippen LogP contribution in [0.5, 0.6) is 0 Å². The summed E-state index contributed by atoms with van der Waals surface area (Å²) >= 11 is 1.95. The van der Waals surface area contributed by atoms with Gasteiger partial charge in [-0.2, -0.15) is 0 Å². The van der Waals surface area contributed by atoms with E-state index in [0.29, 0.717) is 23.7 Å². The van der Waals surface area contributed by atoms with Crippen molar-refractivity contribution in [3.63, 3.8) is 0 Å². The largest absolute Gasteiger partial charge is 0.337 e. The van der Waals surface area contributed by atoms with Crippen LogP contribution in [-0.2, 0) is 0 Å². The lowest BCUT2D eigenvalue weighted by atomic mass is 9.59. The van der Waals surface area contributed by atoms with Crippen LogP contribution in [0.1, 0.15) is 87.7 Å². The first-order chi connectivity index (χ1) is 34.2. The van der Waals surface area contributed by atoms with E-state index in [9.17, 15) is 0 Å². The number of aliphatic imine (C=N–C) groups is 2. The van der Waals surface area contributed by atoms with Gasteiger partial charge in [-0.15, -0.1) is 11.3 Å². The van der Waals surface area contributed by atoms with E-state index in [0.717, 1.165) is 62.2 Å². The van der Waals surface area contributed by atoms with E-state index in [2.05, 4.69) is 193 Å². The Balaban J connectivity index is 0.993. The lowest BCUT2D eigenvalue weighted by Gasteiger charge is -2.46. The van der Waals surface area contributed by atoms with Crippen molar-refractivity contribution in [1.82, 2.24) is 9.47 Å². The van der Waals surface area contributed by atoms with Gasteiger partial charge in [0.1, 0.15) is 12.0 Å². The summed E-state index contributed by atoms with van der Waals surface area (Å²) in [6, 6.07) is 32.7. The van der Waals surface area contributed by atoms with Crippen LogP contribution in [0.4, 0.5) is 0 Å². The first-order valence-electron chi connectivity index (χ1n) is 25.8. The molecule has 1 fully saturated rings. The van der Waals surface area contributed by atoms with Crippen LogP contribution >= 0.6 is 11.3 Å². The van der Waals surface area contributed by atoms with Gasteiger partial charge in [0.15, 0.2) is 5.84 Å². The number of fused-ring (bicyclic) bond motifs is 7. The number of rotatable bonds is 8. The zero-order valence-electron chi connectivity index (χ0n) is 39.7. The number of allylic oxidation sites excluding steroid dienone is 16. The first-order valence-corrected chi connectivity index (χ1v) is 26.6. The third-order valence-corrected chi connectivity index (χ3v) is 17.6. The molecule has 4 nitrogen and oxygen atoms in total. The van der Waals surface area contributed by atoms with Crippen molar-refractivity contribution in [3.8, 4) is 0 Å². The summed E-state index contributed by atoms with van der Waals surface area (Å²) in [6.07, 6.45) is 47.1. The third kappa shape index (κ3) is 7.56.